The average Bonchev–Trinajstić information content (AvgIpc) is 3.32. The fourth-order valence-electron chi connectivity index (χ4n) is 3.98. The van der Waals surface area contributed by atoms with Gasteiger partial charge in [0.2, 0.25) is 0 Å². The van der Waals surface area contributed by atoms with Crippen LogP contribution in [-0.2, 0) is 4.74 Å². The predicted octanol–water partition coefficient (Wildman–Crippen LogP) is 2.73. The Balaban J connectivity index is 1.54. The van der Waals surface area contributed by atoms with Crippen LogP contribution < -0.4 is 15.1 Å². The second-order valence-corrected chi connectivity index (χ2v) is 7.67. The maximum atomic E-state index is 13.3. The quantitative estimate of drug-likeness (QED) is 0.604. The van der Waals surface area contributed by atoms with Gasteiger partial charge in [0.25, 0.3) is 0 Å². The van der Waals surface area contributed by atoms with Gasteiger partial charge in [0, 0.05) is 18.8 Å². The molecule has 2 amide bonds. The highest BCUT2D eigenvalue weighted by molar-refractivity contribution is 6.33. The Kier molecular flexibility index (Phi) is 4.24. The van der Waals surface area contributed by atoms with Crippen LogP contribution >= 0.6 is 11.6 Å². The molecule has 1 fully saturated rings. The molecular weight excluding hydrogens is 410 g/mol. The van der Waals surface area contributed by atoms with Crippen molar-refractivity contribution in [2.45, 2.75) is 19.4 Å². The summed E-state index contributed by atoms with van der Waals surface area (Å²) in [6.45, 7) is 3.31. The molecular formula is C19H18ClN7O3. The van der Waals surface area contributed by atoms with E-state index >= 15 is 0 Å². The molecule has 3 aromatic rings. The van der Waals surface area contributed by atoms with Crippen molar-refractivity contribution in [2.75, 3.05) is 35.3 Å². The first kappa shape index (κ1) is 18.6. The van der Waals surface area contributed by atoms with E-state index in [4.69, 9.17) is 16.3 Å². The Morgan fingerprint density at radius 3 is 2.97 bits per heavy atom. The van der Waals surface area contributed by atoms with E-state index < -0.39 is 5.97 Å². The van der Waals surface area contributed by atoms with Gasteiger partial charge >= 0.3 is 12.0 Å². The van der Waals surface area contributed by atoms with Crippen LogP contribution in [0.2, 0.25) is 5.02 Å². The number of aromatic amines is 1. The maximum Gasteiger partial charge on any atom is 0.358 e. The van der Waals surface area contributed by atoms with E-state index in [-0.39, 0.29) is 22.8 Å². The molecule has 30 heavy (non-hydrogen) atoms. The normalized spacial score (nSPS) is 17.2. The van der Waals surface area contributed by atoms with E-state index in [0.29, 0.717) is 34.9 Å². The van der Waals surface area contributed by atoms with Gasteiger partial charge in [-0.25, -0.2) is 19.6 Å². The molecule has 11 heteroatoms. The number of hydrogen-bond donors (Lipinski definition) is 2. The molecule has 5 heterocycles. The fourth-order valence-corrected chi connectivity index (χ4v) is 4.21. The standard InChI is InChI=1S/C19H18ClN7O3/c1-9-3-4-11-15(21-9)24-25-16(11)23-19(29)27-10-5-6-26(8-10)13-7-12(20)14(18(28)30-2)22-17(13)27/h3-4,7,10H,5-6,8H2,1-2H3,(H2,21,23,24,25,29). The third-order valence-electron chi connectivity index (χ3n) is 5.42. The number of nitrogens with one attached hydrogen (secondary N) is 2. The van der Waals surface area contributed by atoms with Crippen LogP contribution in [0.15, 0.2) is 18.2 Å². The molecule has 3 aromatic heterocycles. The van der Waals surface area contributed by atoms with E-state index in [0.717, 1.165) is 18.7 Å². The first-order chi connectivity index (χ1) is 14.5. The van der Waals surface area contributed by atoms with Crippen molar-refractivity contribution in [2.24, 2.45) is 0 Å². The number of urea groups is 1. The molecule has 1 atom stereocenters. The zero-order chi connectivity index (χ0) is 21.0. The minimum absolute atomic E-state index is 0.0249. The highest BCUT2D eigenvalue weighted by Gasteiger charge is 2.41. The van der Waals surface area contributed by atoms with Crippen molar-refractivity contribution < 1.29 is 14.3 Å². The number of aromatic nitrogens is 4. The van der Waals surface area contributed by atoms with Crippen molar-refractivity contribution in [3.05, 3.63) is 34.6 Å². The highest BCUT2D eigenvalue weighted by Crippen LogP contribution is 2.41. The number of amides is 2. The maximum absolute atomic E-state index is 13.3. The number of pyridine rings is 2. The van der Waals surface area contributed by atoms with Crippen molar-refractivity contribution in [1.82, 2.24) is 20.2 Å². The van der Waals surface area contributed by atoms with E-state index in [1.807, 2.05) is 19.1 Å². The van der Waals surface area contributed by atoms with Gasteiger partial charge in [0.05, 0.1) is 29.2 Å². The molecule has 0 spiro atoms. The van der Waals surface area contributed by atoms with Gasteiger partial charge in [-0.1, -0.05) is 11.6 Å². The number of carbonyl (C=O) groups excluding carboxylic acids is 2. The number of halogens is 1. The highest BCUT2D eigenvalue weighted by atomic mass is 35.5. The Bertz CT molecular complexity index is 1190. The van der Waals surface area contributed by atoms with E-state index in [2.05, 4.69) is 30.4 Å². The zero-order valence-corrected chi connectivity index (χ0v) is 17.0. The third-order valence-corrected chi connectivity index (χ3v) is 5.71. The first-order valence-corrected chi connectivity index (χ1v) is 9.80. The number of esters is 1. The van der Waals surface area contributed by atoms with Crippen molar-refractivity contribution in [1.29, 1.82) is 0 Å². The second-order valence-electron chi connectivity index (χ2n) is 7.26. The van der Waals surface area contributed by atoms with Gasteiger partial charge in [-0.05, 0) is 31.5 Å². The number of hydrogen-bond acceptors (Lipinski definition) is 7. The molecule has 0 radical (unpaired) electrons. The molecule has 2 aliphatic heterocycles. The summed E-state index contributed by atoms with van der Waals surface area (Å²) >= 11 is 6.26. The Labute approximate surface area is 176 Å². The Hall–Kier alpha value is -3.40. The molecule has 0 aliphatic carbocycles. The molecule has 5 rings (SSSR count). The number of carbonyl (C=O) groups is 2. The topological polar surface area (TPSA) is 116 Å². The number of rotatable bonds is 2. The molecule has 2 bridgehead atoms. The molecule has 10 nitrogen and oxygen atoms in total. The minimum atomic E-state index is -0.657. The van der Waals surface area contributed by atoms with Crippen molar-refractivity contribution >= 4 is 52.0 Å². The van der Waals surface area contributed by atoms with Crippen LogP contribution in [0.4, 0.5) is 22.1 Å². The molecule has 2 aliphatic rings. The van der Waals surface area contributed by atoms with Gasteiger partial charge in [-0.15, -0.1) is 0 Å². The van der Waals surface area contributed by atoms with E-state index in [9.17, 15) is 9.59 Å². The minimum Gasteiger partial charge on any atom is -0.464 e. The van der Waals surface area contributed by atoms with Crippen LogP contribution in [-0.4, -0.2) is 58.4 Å². The van der Waals surface area contributed by atoms with Crippen LogP contribution in [0.25, 0.3) is 11.0 Å². The Morgan fingerprint density at radius 1 is 1.33 bits per heavy atom. The summed E-state index contributed by atoms with van der Waals surface area (Å²) in [4.78, 5) is 37.8. The second kappa shape index (κ2) is 6.84. The largest absolute Gasteiger partial charge is 0.464 e. The summed E-state index contributed by atoms with van der Waals surface area (Å²) in [6, 6.07) is 4.90. The van der Waals surface area contributed by atoms with Crippen LogP contribution in [0.1, 0.15) is 22.6 Å². The molecule has 0 aromatic carbocycles. The lowest BCUT2D eigenvalue weighted by Crippen LogP contribution is -2.48. The number of H-pyrrole nitrogens is 1. The lowest BCUT2D eigenvalue weighted by atomic mass is 10.1. The lowest BCUT2D eigenvalue weighted by molar-refractivity contribution is 0.0594. The number of aryl methyl sites for hydroxylation is 1. The molecule has 1 saturated heterocycles. The fraction of sp³-hybridized carbons (Fsp3) is 0.316. The van der Waals surface area contributed by atoms with Crippen LogP contribution in [0.3, 0.4) is 0 Å². The zero-order valence-electron chi connectivity index (χ0n) is 16.3. The van der Waals surface area contributed by atoms with Gasteiger partial charge in [0.1, 0.15) is 0 Å². The van der Waals surface area contributed by atoms with Gasteiger partial charge in [-0.3, -0.25) is 15.3 Å². The van der Waals surface area contributed by atoms with Gasteiger partial charge < -0.3 is 9.64 Å². The third kappa shape index (κ3) is 2.83. The van der Waals surface area contributed by atoms with Gasteiger partial charge in [0.15, 0.2) is 23.0 Å². The van der Waals surface area contributed by atoms with Crippen molar-refractivity contribution in [3.8, 4) is 0 Å². The van der Waals surface area contributed by atoms with Crippen LogP contribution in [0.5, 0.6) is 0 Å². The summed E-state index contributed by atoms with van der Waals surface area (Å²) in [7, 11) is 1.26. The van der Waals surface area contributed by atoms with E-state index in [1.54, 1.807) is 11.0 Å². The first-order valence-electron chi connectivity index (χ1n) is 9.42. The number of ether oxygens (including phenoxy) is 1. The molecule has 0 saturated carbocycles. The van der Waals surface area contributed by atoms with Crippen molar-refractivity contribution in [3.63, 3.8) is 0 Å². The number of anilines is 3. The van der Waals surface area contributed by atoms with Crippen LogP contribution in [0, 0.1) is 6.92 Å². The summed E-state index contributed by atoms with van der Waals surface area (Å²) in [5.41, 5.74) is 2.12. The molecule has 2 N–H and O–H groups in total. The smallest absolute Gasteiger partial charge is 0.358 e. The number of nitrogens with zero attached hydrogens (tertiary/aromatic N) is 5. The number of methoxy groups -OCH3 is 1. The summed E-state index contributed by atoms with van der Waals surface area (Å²) in [5, 5.41) is 10.8. The van der Waals surface area contributed by atoms with E-state index in [1.165, 1.54) is 7.11 Å². The SMILES string of the molecule is COC(=O)c1nc2c(cc1Cl)N1CCC(C1)N2C(=O)Nc1n[nH]c2nc(C)ccc12. The lowest BCUT2D eigenvalue weighted by Gasteiger charge is -2.35. The monoisotopic (exact) mass is 427 g/mol. The summed E-state index contributed by atoms with van der Waals surface area (Å²) in [6.07, 6.45) is 0.775. The predicted molar refractivity (Wildman–Crippen MR) is 111 cm³/mol. The van der Waals surface area contributed by atoms with Gasteiger partial charge in [-0.2, -0.15) is 5.10 Å². The number of fused-ring (bicyclic) bond motifs is 5. The summed E-state index contributed by atoms with van der Waals surface area (Å²) < 4.78 is 4.78. The summed E-state index contributed by atoms with van der Waals surface area (Å²) in [5.74, 6) is 0.0994. The Morgan fingerprint density at radius 2 is 2.17 bits per heavy atom. The average molecular weight is 428 g/mol. The molecule has 154 valence electrons. The molecule has 1 unspecified atom stereocenters.